The third-order valence-electron chi connectivity index (χ3n) is 2.64. The van der Waals surface area contributed by atoms with Crippen LogP contribution in [0.1, 0.15) is 26.5 Å². The van der Waals surface area contributed by atoms with Gasteiger partial charge in [0.2, 0.25) is 0 Å². The average Bonchev–Trinajstić information content (AvgIpc) is 2.80. The van der Waals surface area contributed by atoms with Gasteiger partial charge in [0, 0.05) is 6.20 Å². The molecular formula is C12H11N3O4. The van der Waals surface area contributed by atoms with Crippen molar-refractivity contribution in [1.29, 1.82) is 0 Å². The molecule has 98 valence electrons. The van der Waals surface area contributed by atoms with Crippen LogP contribution in [-0.2, 0) is 4.74 Å². The molecule has 0 aliphatic carbocycles. The number of aromatic nitrogens is 2. The molecule has 0 radical (unpaired) electrons. The highest BCUT2D eigenvalue weighted by Crippen LogP contribution is 2.19. The molecular weight excluding hydrogens is 250 g/mol. The molecule has 7 heteroatoms. The molecule has 1 amide bonds. The van der Waals surface area contributed by atoms with Gasteiger partial charge in [0.05, 0.1) is 18.4 Å². The summed E-state index contributed by atoms with van der Waals surface area (Å²) >= 11 is 0. The maximum absolute atomic E-state index is 11.3. The van der Waals surface area contributed by atoms with Crippen molar-refractivity contribution in [3.8, 4) is 0 Å². The maximum atomic E-state index is 11.3. The number of nitrogens with zero attached hydrogens (tertiary/aromatic N) is 2. The van der Waals surface area contributed by atoms with Crippen LogP contribution in [0.2, 0.25) is 0 Å². The Labute approximate surface area is 107 Å². The Morgan fingerprint density at radius 3 is 2.74 bits per heavy atom. The number of carbonyl (C=O) groups excluding carboxylic acids is 1. The number of carbonyl (C=O) groups is 2. The number of amides is 1. The molecule has 0 fully saturated rings. The SMILES string of the molecule is C=C(OC)c1cc(C(=O)O)nc2c(C(N)=O)ccn12. The number of rotatable bonds is 4. The van der Waals surface area contributed by atoms with Gasteiger partial charge in [0.15, 0.2) is 11.3 Å². The molecule has 0 aliphatic rings. The topological polar surface area (TPSA) is 107 Å². The second-order valence-corrected chi connectivity index (χ2v) is 3.75. The van der Waals surface area contributed by atoms with Gasteiger partial charge in [0.1, 0.15) is 5.76 Å². The van der Waals surface area contributed by atoms with E-state index in [2.05, 4.69) is 11.6 Å². The zero-order valence-electron chi connectivity index (χ0n) is 10.1. The van der Waals surface area contributed by atoms with Crippen molar-refractivity contribution in [3.63, 3.8) is 0 Å². The van der Waals surface area contributed by atoms with Crippen LogP contribution in [0.3, 0.4) is 0 Å². The number of primary amides is 1. The predicted octanol–water partition coefficient (Wildman–Crippen LogP) is 0.748. The van der Waals surface area contributed by atoms with Gasteiger partial charge in [-0.3, -0.25) is 9.20 Å². The minimum Gasteiger partial charge on any atom is -0.495 e. The van der Waals surface area contributed by atoms with E-state index in [1.54, 1.807) is 6.20 Å². The summed E-state index contributed by atoms with van der Waals surface area (Å²) < 4.78 is 6.50. The van der Waals surface area contributed by atoms with Crippen LogP contribution in [0.25, 0.3) is 11.4 Å². The molecule has 7 nitrogen and oxygen atoms in total. The van der Waals surface area contributed by atoms with E-state index in [0.717, 1.165) is 0 Å². The van der Waals surface area contributed by atoms with Crippen LogP contribution in [0.15, 0.2) is 24.9 Å². The first-order valence-corrected chi connectivity index (χ1v) is 5.24. The summed E-state index contributed by atoms with van der Waals surface area (Å²) in [7, 11) is 1.41. The fraction of sp³-hybridized carbons (Fsp3) is 0.0833. The number of hydrogen-bond donors (Lipinski definition) is 2. The number of carboxylic acids is 1. The smallest absolute Gasteiger partial charge is 0.354 e. The number of hydrogen-bond acceptors (Lipinski definition) is 4. The van der Waals surface area contributed by atoms with Gasteiger partial charge in [-0.25, -0.2) is 9.78 Å². The third-order valence-corrected chi connectivity index (χ3v) is 2.64. The Morgan fingerprint density at radius 1 is 1.53 bits per heavy atom. The first kappa shape index (κ1) is 12.6. The summed E-state index contributed by atoms with van der Waals surface area (Å²) in [5, 5.41) is 9.03. The van der Waals surface area contributed by atoms with Crippen molar-refractivity contribution in [2.45, 2.75) is 0 Å². The van der Waals surface area contributed by atoms with E-state index >= 15 is 0 Å². The van der Waals surface area contributed by atoms with Gasteiger partial charge in [-0.05, 0) is 12.1 Å². The molecule has 0 saturated carbocycles. The van der Waals surface area contributed by atoms with Gasteiger partial charge < -0.3 is 15.6 Å². The molecule has 2 heterocycles. The molecule has 0 saturated heterocycles. The lowest BCUT2D eigenvalue weighted by Crippen LogP contribution is -2.13. The van der Waals surface area contributed by atoms with Gasteiger partial charge in [0.25, 0.3) is 5.91 Å². The van der Waals surface area contributed by atoms with Crippen molar-refractivity contribution < 1.29 is 19.4 Å². The highest BCUT2D eigenvalue weighted by Gasteiger charge is 2.17. The quantitative estimate of drug-likeness (QED) is 0.789. The molecule has 19 heavy (non-hydrogen) atoms. The van der Waals surface area contributed by atoms with Crippen LogP contribution in [0.4, 0.5) is 0 Å². The number of carboxylic acid groups (broad SMARTS) is 1. The zero-order valence-corrected chi connectivity index (χ0v) is 10.1. The molecule has 2 aromatic heterocycles. The molecule has 3 N–H and O–H groups in total. The van der Waals surface area contributed by atoms with Gasteiger partial charge >= 0.3 is 5.97 Å². The van der Waals surface area contributed by atoms with E-state index in [9.17, 15) is 9.59 Å². The van der Waals surface area contributed by atoms with Crippen molar-refractivity contribution >= 4 is 23.3 Å². The monoisotopic (exact) mass is 261 g/mol. The van der Waals surface area contributed by atoms with Crippen molar-refractivity contribution in [1.82, 2.24) is 9.38 Å². The van der Waals surface area contributed by atoms with Crippen LogP contribution < -0.4 is 5.73 Å². The summed E-state index contributed by atoms with van der Waals surface area (Å²) in [4.78, 5) is 26.2. The Bertz CT molecular complexity index is 702. The minimum absolute atomic E-state index is 0.133. The van der Waals surface area contributed by atoms with Gasteiger partial charge in [-0.15, -0.1) is 0 Å². The molecule has 2 aromatic rings. The van der Waals surface area contributed by atoms with Gasteiger partial charge in [-0.2, -0.15) is 0 Å². The lowest BCUT2D eigenvalue weighted by molar-refractivity contribution is 0.0690. The number of fused-ring (bicyclic) bond motifs is 1. The van der Waals surface area contributed by atoms with Gasteiger partial charge in [-0.1, -0.05) is 6.58 Å². The summed E-state index contributed by atoms with van der Waals surface area (Å²) in [6, 6.07) is 2.77. The number of ether oxygens (including phenoxy) is 1. The predicted molar refractivity (Wildman–Crippen MR) is 66.7 cm³/mol. The minimum atomic E-state index is -1.22. The fourth-order valence-electron chi connectivity index (χ4n) is 1.70. The highest BCUT2D eigenvalue weighted by molar-refractivity contribution is 6.00. The number of nitrogens with two attached hydrogens (primary N) is 1. The molecule has 0 atom stereocenters. The molecule has 0 spiro atoms. The highest BCUT2D eigenvalue weighted by atomic mass is 16.5. The Kier molecular flexibility index (Phi) is 2.95. The second-order valence-electron chi connectivity index (χ2n) is 3.75. The van der Waals surface area contributed by atoms with Crippen LogP contribution >= 0.6 is 0 Å². The summed E-state index contributed by atoms with van der Waals surface area (Å²) in [6.07, 6.45) is 1.55. The maximum Gasteiger partial charge on any atom is 0.354 e. The fourth-order valence-corrected chi connectivity index (χ4v) is 1.70. The van der Waals surface area contributed by atoms with Crippen molar-refractivity contribution in [2.75, 3.05) is 7.11 Å². The van der Waals surface area contributed by atoms with Crippen LogP contribution in [0, 0.1) is 0 Å². The summed E-state index contributed by atoms with van der Waals surface area (Å²) in [6.45, 7) is 3.67. The average molecular weight is 261 g/mol. The standard InChI is InChI=1S/C12H11N3O4/c1-6(19-2)9-5-8(12(17)18)14-11-7(10(13)16)3-4-15(9)11/h3-5H,1H2,2H3,(H2,13,16)(H,17,18). The normalized spacial score (nSPS) is 10.4. The van der Waals surface area contributed by atoms with E-state index in [0.29, 0.717) is 5.69 Å². The second kappa shape index (κ2) is 4.45. The third kappa shape index (κ3) is 2.01. The van der Waals surface area contributed by atoms with E-state index in [1.165, 1.54) is 23.6 Å². The molecule has 0 aromatic carbocycles. The Balaban J connectivity index is 2.83. The molecule has 0 bridgehead atoms. The number of methoxy groups -OCH3 is 1. The van der Waals surface area contributed by atoms with Crippen LogP contribution in [0.5, 0.6) is 0 Å². The van der Waals surface area contributed by atoms with Crippen LogP contribution in [-0.4, -0.2) is 33.5 Å². The summed E-state index contributed by atoms with van der Waals surface area (Å²) in [5.41, 5.74) is 5.67. The van der Waals surface area contributed by atoms with Crippen molar-refractivity contribution in [3.05, 3.63) is 41.9 Å². The zero-order chi connectivity index (χ0) is 14.2. The summed E-state index contributed by atoms with van der Waals surface area (Å²) in [5.74, 6) is -1.66. The first-order valence-electron chi connectivity index (χ1n) is 5.24. The number of aromatic carboxylic acids is 1. The largest absolute Gasteiger partial charge is 0.495 e. The lowest BCUT2D eigenvalue weighted by Gasteiger charge is -2.09. The van der Waals surface area contributed by atoms with E-state index in [-0.39, 0.29) is 22.7 Å². The first-order chi connectivity index (χ1) is 8.95. The Hall–Kier alpha value is -2.83. The van der Waals surface area contributed by atoms with E-state index in [1.807, 2.05) is 0 Å². The Morgan fingerprint density at radius 2 is 2.21 bits per heavy atom. The molecule has 0 unspecified atom stereocenters. The molecule has 0 aliphatic heterocycles. The van der Waals surface area contributed by atoms with E-state index < -0.39 is 11.9 Å². The lowest BCUT2D eigenvalue weighted by atomic mass is 10.2. The van der Waals surface area contributed by atoms with E-state index in [4.69, 9.17) is 15.6 Å². The molecule has 2 rings (SSSR count). The van der Waals surface area contributed by atoms with Crippen molar-refractivity contribution in [2.24, 2.45) is 5.73 Å².